The number of fused-ring (bicyclic) bond motifs is 1. The van der Waals surface area contributed by atoms with Gasteiger partial charge in [-0.1, -0.05) is 12.7 Å². The van der Waals surface area contributed by atoms with E-state index >= 15 is 0 Å². The molecule has 1 amide bonds. The number of aromatic nitrogens is 4. The largest absolute Gasteiger partial charge is 0.480 e. The average Bonchev–Trinajstić information content (AvgIpc) is 2.79. The van der Waals surface area contributed by atoms with Gasteiger partial charge in [0.2, 0.25) is 5.95 Å². The molecule has 0 aliphatic heterocycles. The smallest absolute Gasteiger partial charge is 0.414 e. The van der Waals surface area contributed by atoms with E-state index < -0.39 is 24.2 Å². The number of carboxylic acids is 1. The summed E-state index contributed by atoms with van der Waals surface area (Å²) in [5.41, 5.74) is -0.593. The Labute approximate surface area is 117 Å². The number of aliphatic carboxylic acids is 1. The van der Waals surface area contributed by atoms with Crippen LogP contribution in [0.3, 0.4) is 0 Å². The van der Waals surface area contributed by atoms with E-state index in [1.54, 1.807) is 0 Å². The highest BCUT2D eigenvalue weighted by Crippen LogP contribution is 2.08. The third-order valence-electron chi connectivity index (χ3n) is 2.33. The summed E-state index contributed by atoms with van der Waals surface area (Å²) >= 11 is 0. The molecule has 110 valence electrons. The van der Waals surface area contributed by atoms with Crippen LogP contribution in [0.15, 0.2) is 23.8 Å². The summed E-state index contributed by atoms with van der Waals surface area (Å²) in [6.07, 6.45) is 1.73. The number of hydrogen-bond donors (Lipinski definition) is 3. The third-order valence-corrected chi connectivity index (χ3v) is 2.33. The number of anilines is 1. The van der Waals surface area contributed by atoms with E-state index in [9.17, 15) is 14.4 Å². The zero-order valence-corrected chi connectivity index (χ0v) is 10.7. The van der Waals surface area contributed by atoms with E-state index in [4.69, 9.17) is 5.11 Å². The van der Waals surface area contributed by atoms with Crippen LogP contribution in [-0.2, 0) is 16.1 Å². The number of imidazole rings is 1. The molecule has 10 nitrogen and oxygen atoms in total. The molecule has 10 heteroatoms. The predicted molar refractivity (Wildman–Crippen MR) is 71.0 cm³/mol. The van der Waals surface area contributed by atoms with Crippen molar-refractivity contribution < 1.29 is 19.4 Å². The first-order valence-corrected chi connectivity index (χ1v) is 5.73. The van der Waals surface area contributed by atoms with Crippen LogP contribution < -0.4 is 10.9 Å². The first-order chi connectivity index (χ1) is 10.0. The summed E-state index contributed by atoms with van der Waals surface area (Å²) in [4.78, 5) is 43.9. The van der Waals surface area contributed by atoms with Crippen molar-refractivity contribution in [1.82, 2.24) is 19.5 Å². The monoisotopic (exact) mass is 293 g/mol. The molecular formula is C11H11N5O5. The van der Waals surface area contributed by atoms with Gasteiger partial charge in [-0.15, -0.1) is 0 Å². The first-order valence-electron chi connectivity index (χ1n) is 5.73. The molecule has 2 heterocycles. The summed E-state index contributed by atoms with van der Waals surface area (Å²) in [5, 5.41) is 11.0. The molecule has 0 aliphatic carbocycles. The number of hydrogen-bond acceptors (Lipinski definition) is 6. The number of nitrogens with zero attached hydrogens (tertiary/aromatic N) is 3. The second kappa shape index (κ2) is 5.86. The molecule has 0 fully saturated rings. The fourth-order valence-corrected chi connectivity index (χ4v) is 1.54. The van der Waals surface area contributed by atoms with Gasteiger partial charge in [0, 0.05) is 0 Å². The van der Waals surface area contributed by atoms with Crippen LogP contribution in [-0.4, -0.2) is 43.3 Å². The van der Waals surface area contributed by atoms with E-state index in [0.29, 0.717) is 0 Å². The van der Waals surface area contributed by atoms with Gasteiger partial charge in [0.1, 0.15) is 13.2 Å². The minimum atomic E-state index is -1.11. The lowest BCUT2D eigenvalue weighted by Crippen LogP contribution is -2.20. The molecule has 2 aromatic rings. The number of carboxylic acid groups (broad SMARTS) is 1. The number of ether oxygens (including phenoxy) is 1. The Morgan fingerprint density at radius 2 is 2.33 bits per heavy atom. The summed E-state index contributed by atoms with van der Waals surface area (Å²) < 4.78 is 5.85. The molecule has 0 aromatic carbocycles. The predicted octanol–water partition coefficient (Wildman–Crippen LogP) is -0.0613. The molecule has 0 bridgehead atoms. The van der Waals surface area contributed by atoms with Crippen molar-refractivity contribution in [1.29, 1.82) is 0 Å². The summed E-state index contributed by atoms with van der Waals surface area (Å²) in [6, 6.07) is 0. The molecular weight excluding hydrogens is 282 g/mol. The average molecular weight is 293 g/mol. The summed E-state index contributed by atoms with van der Waals surface area (Å²) in [7, 11) is 0. The number of rotatable bonds is 5. The Morgan fingerprint density at radius 1 is 1.57 bits per heavy atom. The standard InChI is InChI=1S/C11H11N5O5/c1-2-3-21-11(20)15-10-13-8-7(9(19)14-10)12-5-16(8)4-6(17)18/h2,5H,1,3-4H2,(H,17,18)(H2,13,14,15,19,20). The molecule has 21 heavy (non-hydrogen) atoms. The molecule has 0 saturated heterocycles. The summed E-state index contributed by atoms with van der Waals surface area (Å²) in [6.45, 7) is 2.97. The fourth-order valence-electron chi connectivity index (χ4n) is 1.54. The highest BCUT2D eigenvalue weighted by molar-refractivity contribution is 5.83. The van der Waals surface area contributed by atoms with Gasteiger partial charge in [-0.05, 0) is 0 Å². The van der Waals surface area contributed by atoms with Crippen LogP contribution in [0.5, 0.6) is 0 Å². The van der Waals surface area contributed by atoms with Crippen molar-refractivity contribution in [3.8, 4) is 0 Å². The Kier molecular flexibility index (Phi) is 3.97. The van der Waals surface area contributed by atoms with E-state index in [1.807, 2.05) is 0 Å². The number of aromatic amines is 1. The molecule has 0 spiro atoms. The Bertz CT molecular complexity index is 762. The minimum absolute atomic E-state index is 0.00471. The van der Waals surface area contributed by atoms with Gasteiger partial charge >= 0.3 is 12.1 Å². The topological polar surface area (TPSA) is 139 Å². The highest BCUT2D eigenvalue weighted by atomic mass is 16.5. The number of H-pyrrole nitrogens is 1. The van der Waals surface area contributed by atoms with Crippen LogP contribution in [0.1, 0.15) is 0 Å². The second-order valence-corrected chi connectivity index (χ2v) is 3.87. The number of carbonyl (C=O) groups excluding carboxylic acids is 1. The van der Waals surface area contributed by atoms with Crippen LogP contribution in [0.4, 0.5) is 10.7 Å². The second-order valence-electron chi connectivity index (χ2n) is 3.87. The molecule has 2 aromatic heterocycles. The van der Waals surface area contributed by atoms with Gasteiger partial charge < -0.3 is 14.4 Å². The van der Waals surface area contributed by atoms with Crippen LogP contribution >= 0.6 is 0 Å². The molecule has 0 atom stereocenters. The first kappa shape index (κ1) is 14.2. The van der Waals surface area contributed by atoms with Gasteiger partial charge in [0.25, 0.3) is 5.56 Å². The quantitative estimate of drug-likeness (QED) is 0.656. The van der Waals surface area contributed by atoms with Crippen molar-refractivity contribution in [2.75, 3.05) is 11.9 Å². The molecule has 3 N–H and O–H groups in total. The third kappa shape index (κ3) is 3.23. The Morgan fingerprint density at radius 3 is 3.00 bits per heavy atom. The normalized spacial score (nSPS) is 10.3. The molecule has 0 unspecified atom stereocenters. The van der Waals surface area contributed by atoms with Gasteiger partial charge in [0.05, 0.1) is 6.33 Å². The van der Waals surface area contributed by atoms with Gasteiger partial charge in [0.15, 0.2) is 11.2 Å². The zero-order valence-electron chi connectivity index (χ0n) is 10.7. The van der Waals surface area contributed by atoms with Crippen molar-refractivity contribution >= 4 is 29.2 Å². The van der Waals surface area contributed by atoms with Crippen molar-refractivity contribution in [2.45, 2.75) is 6.54 Å². The lowest BCUT2D eigenvalue weighted by Gasteiger charge is -2.05. The minimum Gasteiger partial charge on any atom is -0.480 e. The van der Waals surface area contributed by atoms with Crippen LogP contribution in [0.2, 0.25) is 0 Å². The fraction of sp³-hybridized carbons (Fsp3) is 0.182. The SMILES string of the molecule is C=CCOC(=O)Nc1nc2c(ncn2CC(=O)O)c(=O)[nH]1. The van der Waals surface area contributed by atoms with E-state index in [0.717, 1.165) is 0 Å². The van der Waals surface area contributed by atoms with Crippen molar-refractivity contribution in [3.63, 3.8) is 0 Å². The van der Waals surface area contributed by atoms with Crippen molar-refractivity contribution in [2.24, 2.45) is 0 Å². The molecule has 0 saturated carbocycles. The van der Waals surface area contributed by atoms with E-state index in [2.05, 4.69) is 31.6 Å². The maximum Gasteiger partial charge on any atom is 0.414 e. The molecule has 0 aliphatic rings. The summed E-state index contributed by atoms with van der Waals surface area (Å²) in [5.74, 6) is -1.29. The lowest BCUT2D eigenvalue weighted by atomic mass is 10.5. The molecule has 2 rings (SSSR count). The highest BCUT2D eigenvalue weighted by Gasteiger charge is 2.13. The van der Waals surface area contributed by atoms with Crippen LogP contribution in [0.25, 0.3) is 11.2 Å². The number of carbonyl (C=O) groups is 2. The van der Waals surface area contributed by atoms with Crippen molar-refractivity contribution in [3.05, 3.63) is 29.3 Å². The Balaban J connectivity index is 2.33. The maximum atomic E-state index is 11.8. The van der Waals surface area contributed by atoms with E-state index in [-0.39, 0.29) is 23.7 Å². The van der Waals surface area contributed by atoms with E-state index in [1.165, 1.54) is 17.0 Å². The zero-order chi connectivity index (χ0) is 15.4. The lowest BCUT2D eigenvalue weighted by molar-refractivity contribution is -0.137. The number of nitrogens with one attached hydrogen (secondary N) is 2. The molecule has 0 radical (unpaired) electrons. The van der Waals surface area contributed by atoms with Gasteiger partial charge in [-0.2, -0.15) is 4.98 Å². The van der Waals surface area contributed by atoms with Crippen LogP contribution in [0, 0.1) is 0 Å². The maximum absolute atomic E-state index is 11.8. The number of amides is 1. The van der Waals surface area contributed by atoms with Gasteiger partial charge in [-0.25, -0.2) is 9.78 Å². The Hall–Kier alpha value is -3.17. The van der Waals surface area contributed by atoms with Gasteiger partial charge in [-0.3, -0.25) is 19.9 Å².